The van der Waals surface area contributed by atoms with E-state index in [0.717, 1.165) is 24.3 Å². The van der Waals surface area contributed by atoms with E-state index in [4.69, 9.17) is 5.63 Å². The summed E-state index contributed by atoms with van der Waals surface area (Å²) < 4.78 is 11.8. The summed E-state index contributed by atoms with van der Waals surface area (Å²) >= 11 is -1.34. The van der Waals surface area contributed by atoms with Crippen molar-refractivity contribution in [2.24, 2.45) is 0 Å². The Balaban J connectivity index is 1.96. The van der Waals surface area contributed by atoms with Gasteiger partial charge in [0.15, 0.2) is 0 Å². The summed E-state index contributed by atoms with van der Waals surface area (Å²) in [6.07, 6.45) is 1.97. The summed E-state index contributed by atoms with van der Waals surface area (Å²) in [5.41, 5.74) is 2.49. The molecule has 0 unspecified atom stereocenters. The maximum absolute atomic E-state index is 5.88. The molecule has 0 saturated heterocycles. The molecule has 0 atom stereocenters. The molecule has 0 N–H and O–H groups in total. The normalized spacial score (nSPS) is 10.0. The fourth-order valence-corrected chi connectivity index (χ4v) is 3.42. The topological polar surface area (TPSA) is 18.5 Å². The van der Waals surface area contributed by atoms with Crippen LogP contribution in [0.3, 0.4) is 0 Å². The van der Waals surface area contributed by atoms with Gasteiger partial charge in [0.05, 0.1) is 0 Å². The number of aryl methyl sites for hydroxylation is 2. The zero-order valence-electron chi connectivity index (χ0n) is 11.3. The maximum atomic E-state index is 5.88. The second-order valence-corrected chi connectivity index (χ2v) is 5.62. The van der Waals surface area contributed by atoms with Gasteiger partial charge in [-0.15, -0.1) is 0 Å². The number of benzene rings is 2. The Morgan fingerprint density at radius 3 is 1.58 bits per heavy atom. The third kappa shape index (κ3) is 3.94. The molecule has 2 aromatic carbocycles. The molecule has 0 aliphatic rings. The van der Waals surface area contributed by atoms with Crippen LogP contribution < -0.4 is 5.63 Å². The van der Waals surface area contributed by atoms with E-state index in [1.54, 1.807) is 0 Å². The van der Waals surface area contributed by atoms with Crippen LogP contribution in [-0.2, 0) is 37.0 Å². The molecule has 98 valence electrons. The van der Waals surface area contributed by atoms with Gasteiger partial charge < -0.3 is 0 Å². The Morgan fingerprint density at radius 2 is 1.16 bits per heavy atom. The second-order valence-electron chi connectivity index (χ2n) is 4.21. The predicted octanol–water partition coefficient (Wildman–Crippen LogP) is 4.18. The fourth-order valence-electron chi connectivity index (χ4n) is 1.90. The minimum atomic E-state index is -1.34. The van der Waals surface area contributed by atoms with Crippen molar-refractivity contribution in [1.29, 1.82) is 0 Å². The molecule has 0 aromatic heterocycles. The van der Waals surface area contributed by atoms with Crippen LogP contribution in [0.2, 0.25) is 0 Å². The van der Waals surface area contributed by atoms with E-state index in [0.29, 0.717) is 0 Å². The Morgan fingerprint density at radius 1 is 0.737 bits per heavy atom. The van der Waals surface area contributed by atoms with Gasteiger partial charge in [-0.3, -0.25) is 0 Å². The molecule has 0 bridgehead atoms. The Bertz CT molecular complexity index is 478. The van der Waals surface area contributed by atoms with E-state index in [9.17, 15) is 0 Å². The van der Waals surface area contributed by atoms with Crippen LogP contribution in [0.1, 0.15) is 25.0 Å². The van der Waals surface area contributed by atoms with Crippen molar-refractivity contribution in [2.75, 3.05) is 0 Å². The molecular formula is C16H18O2Zr. The van der Waals surface area contributed by atoms with Crippen LogP contribution >= 0.6 is 0 Å². The van der Waals surface area contributed by atoms with E-state index in [1.165, 1.54) is 11.1 Å². The number of para-hydroxylation sites is 2. The first-order valence-electron chi connectivity index (χ1n) is 6.59. The Hall–Kier alpha value is -1.08. The molecule has 0 saturated carbocycles. The van der Waals surface area contributed by atoms with E-state index in [1.807, 2.05) is 36.4 Å². The first-order valence-corrected chi connectivity index (χ1v) is 8.60. The zero-order chi connectivity index (χ0) is 13.5. The summed E-state index contributed by atoms with van der Waals surface area (Å²) in [6, 6.07) is 16.4. The molecular weight excluding hydrogens is 315 g/mol. The summed E-state index contributed by atoms with van der Waals surface area (Å²) in [4.78, 5) is 0. The van der Waals surface area contributed by atoms with Crippen LogP contribution in [0.4, 0.5) is 0 Å². The average molecular weight is 334 g/mol. The van der Waals surface area contributed by atoms with Crippen LogP contribution in [0.5, 0.6) is 11.5 Å². The third-order valence-electron chi connectivity index (χ3n) is 3.01. The van der Waals surface area contributed by atoms with Crippen LogP contribution in [0.25, 0.3) is 0 Å². The van der Waals surface area contributed by atoms with Gasteiger partial charge in [0.25, 0.3) is 0 Å². The van der Waals surface area contributed by atoms with Crippen molar-refractivity contribution in [3.63, 3.8) is 0 Å². The molecule has 0 heterocycles. The van der Waals surface area contributed by atoms with Gasteiger partial charge in [0.2, 0.25) is 0 Å². The van der Waals surface area contributed by atoms with Gasteiger partial charge in [0.1, 0.15) is 0 Å². The van der Waals surface area contributed by atoms with Crippen molar-refractivity contribution in [2.45, 2.75) is 26.7 Å². The van der Waals surface area contributed by atoms with Crippen LogP contribution in [0, 0.1) is 0 Å². The molecule has 0 aliphatic carbocycles. The molecule has 2 nitrogen and oxygen atoms in total. The summed E-state index contributed by atoms with van der Waals surface area (Å²) in [5, 5.41) is 0. The van der Waals surface area contributed by atoms with Gasteiger partial charge in [-0.2, -0.15) is 0 Å². The third-order valence-corrected chi connectivity index (χ3v) is 4.50. The van der Waals surface area contributed by atoms with E-state index in [-0.39, 0.29) is 0 Å². The summed E-state index contributed by atoms with van der Waals surface area (Å²) in [6.45, 7) is 4.28. The van der Waals surface area contributed by atoms with Gasteiger partial charge in [-0.05, 0) is 0 Å². The summed E-state index contributed by atoms with van der Waals surface area (Å²) in [7, 11) is 0. The molecule has 2 rings (SSSR count). The van der Waals surface area contributed by atoms with Crippen LogP contribution in [-0.4, -0.2) is 0 Å². The van der Waals surface area contributed by atoms with Crippen LogP contribution in [0.15, 0.2) is 48.5 Å². The van der Waals surface area contributed by atoms with Crippen molar-refractivity contribution in [3.05, 3.63) is 59.7 Å². The van der Waals surface area contributed by atoms with Gasteiger partial charge in [-0.25, -0.2) is 0 Å². The first kappa shape index (κ1) is 14.3. The Kier molecular flexibility index (Phi) is 5.66. The van der Waals surface area contributed by atoms with E-state index in [2.05, 4.69) is 26.0 Å². The molecule has 0 amide bonds. The SMILES string of the molecule is CCc1ccccc1[O][Zr][O]c1ccccc1CC. The molecule has 0 fully saturated rings. The minimum absolute atomic E-state index is 0.977. The first-order chi connectivity index (χ1) is 9.35. The quantitative estimate of drug-likeness (QED) is 0.789. The molecule has 0 radical (unpaired) electrons. The van der Waals surface area contributed by atoms with Crippen molar-refractivity contribution in [1.82, 2.24) is 0 Å². The molecule has 19 heavy (non-hydrogen) atoms. The average Bonchev–Trinajstić information content (AvgIpc) is 2.48. The van der Waals surface area contributed by atoms with E-state index < -0.39 is 24.1 Å². The molecule has 0 aliphatic heterocycles. The van der Waals surface area contributed by atoms with E-state index >= 15 is 0 Å². The van der Waals surface area contributed by atoms with Crippen molar-refractivity contribution in [3.8, 4) is 11.5 Å². The monoisotopic (exact) mass is 332 g/mol. The standard InChI is InChI=1S/2C8H10O.Zr/c2*1-2-7-5-3-4-6-8(7)9;/h2*3-6,9H,2H2,1H3;/q;;+2/p-2. The molecule has 3 heteroatoms. The van der Waals surface area contributed by atoms with Crippen molar-refractivity contribution < 1.29 is 29.7 Å². The molecule has 0 spiro atoms. The van der Waals surface area contributed by atoms with Gasteiger partial charge in [-0.1, -0.05) is 0 Å². The van der Waals surface area contributed by atoms with Gasteiger partial charge in [0, 0.05) is 0 Å². The fraction of sp³-hybridized carbons (Fsp3) is 0.250. The molecule has 2 aromatic rings. The van der Waals surface area contributed by atoms with Gasteiger partial charge >= 0.3 is 128 Å². The second kappa shape index (κ2) is 7.50. The number of hydrogen-bond acceptors (Lipinski definition) is 2. The number of hydrogen-bond donors (Lipinski definition) is 0. The Labute approximate surface area is 127 Å². The number of rotatable bonds is 6. The van der Waals surface area contributed by atoms with Crippen molar-refractivity contribution >= 4 is 0 Å². The summed E-state index contributed by atoms with van der Waals surface area (Å²) in [5.74, 6) is 1.95. The predicted molar refractivity (Wildman–Crippen MR) is 72.9 cm³/mol. The zero-order valence-corrected chi connectivity index (χ0v) is 13.8.